The average molecular weight is 349 g/mol. The second-order valence-electron chi connectivity index (χ2n) is 4.98. The summed E-state index contributed by atoms with van der Waals surface area (Å²) in [6, 6.07) is 10.5. The molecule has 6 nitrogen and oxygen atoms in total. The lowest BCUT2D eigenvalue weighted by atomic mass is 10.2. The number of carbonyl (C=O) groups is 1. The molecule has 0 fully saturated rings. The number of methoxy groups -OCH3 is 1. The fraction of sp³-hybridized carbons (Fsp3) is 0.235. The number of anilines is 1. The van der Waals surface area contributed by atoms with Gasteiger partial charge in [0.05, 0.1) is 24.3 Å². The Hall–Kier alpha value is -2.54. The summed E-state index contributed by atoms with van der Waals surface area (Å²) in [4.78, 5) is 11.3. The Bertz CT molecular complexity index is 829. The summed E-state index contributed by atoms with van der Waals surface area (Å²) in [5.74, 6) is 0.848. The molecule has 0 heterocycles. The highest BCUT2D eigenvalue weighted by molar-refractivity contribution is 7.92. The minimum Gasteiger partial charge on any atom is -0.493 e. The highest BCUT2D eigenvalue weighted by Crippen LogP contribution is 2.31. The second-order valence-corrected chi connectivity index (χ2v) is 6.67. The molecule has 128 valence electrons. The molecule has 0 unspecified atom stereocenters. The smallest absolute Gasteiger partial charge is 0.261 e. The molecule has 0 saturated heterocycles. The third kappa shape index (κ3) is 4.05. The van der Waals surface area contributed by atoms with E-state index in [2.05, 4.69) is 4.72 Å². The van der Waals surface area contributed by atoms with Crippen LogP contribution in [0.5, 0.6) is 11.5 Å². The maximum atomic E-state index is 12.4. The molecule has 0 atom stereocenters. The molecule has 0 aromatic heterocycles. The van der Waals surface area contributed by atoms with Crippen molar-refractivity contribution < 1.29 is 22.7 Å². The molecule has 2 aromatic rings. The third-order valence-electron chi connectivity index (χ3n) is 3.29. The molecule has 7 heteroatoms. The van der Waals surface area contributed by atoms with E-state index >= 15 is 0 Å². The van der Waals surface area contributed by atoms with Crippen LogP contribution < -0.4 is 14.2 Å². The summed E-state index contributed by atoms with van der Waals surface area (Å²) >= 11 is 0. The van der Waals surface area contributed by atoms with Gasteiger partial charge >= 0.3 is 0 Å². The van der Waals surface area contributed by atoms with Crippen molar-refractivity contribution in [3.05, 3.63) is 48.0 Å². The van der Waals surface area contributed by atoms with E-state index in [1.165, 1.54) is 38.3 Å². The standard InChI is InChI=1S/C17H19NO5S/c1-4-23-16-10-7-14(11-17(16)22-3)18-24(20,21)15-8-5-13(6-9-15)12(2)19/h5-11,18H,4H2,1-3H3. The quantitative estimate of drug-likeness (QED) is 0.777. The normalized spacial score (nSPS) is 11.0. The summed E-state index contributed by atoms with van der Waals surface area (Å²) < 4.78 is 37.9. The number of rotatable bonds is 7. The van der Waals surface area contributed by atoms with Gasteiger partial charge < -0.3 is 9.47 Å². The number of sulfonamides is 1. The van der Waals surface area contributed by atoms with Crippen LogP contribution in [0.15, 0.2) is 47.4 Å². The number of benzene rings is 2. The molecule has 24 heavy (non-hydrogen) atoms. The Labute approximate surface area is 141 Å². The number of nitrogens with one attached hydrogen (secondary N) is 1. The topological polar surface area (TPSA) is 81.7 Å². The van der Waals surface area contributed by atoms with E-state index < -0.39 is 10.0 Å². The van der Waals surface area contributed by atoms with Gasteiger partial charge in [-0.25, -0.2) is 8.42 Å². The van der Waals surface area contributed by atoms with E-state index in [9.17, 15) is 13.2 Å². The third-order valence-corrected chi connectivity index (χ3v) is 4.68. The van der Waals surface area contributed by atoms with Crippen LogP contribution in [-0.2, 0) is 10.0 Å². The van der Waals surface area contributed by atoms with Crippen molar-refractivity contribution in [2.75, 3.05) is 18.4 Å². The molecule has 0 spiro atoms. The summed E-state index contributed by atoms with van der Waals surface area (Å²) in [5, 5.41) is 0. The van der Waals surface area contributed by atoms with Gasteiger partial charge in [0.25, 0.3) is 10.0 Å². The number of hydrogen-bond donors (Lipinski definition) is 1. The molecule has 0 aliphatic heterocycles. The van der Waals surface area contributed by atoms with Crippen LogP contribution in [0, 0.1) is 0 Å². The number of ketones is 1. The molecule has 2 aromatic carbocycles. The first-order valence-electron chi connectivity index (χ1n) is 7.32. The molecular weight excluding hydrogens is 330 g/mol. The number of Topliss-reactive ketones (excluding diaryl/α,β-unsaturated/α-hetero) is 1. The van der Waals surface area contributed by atoms with Crippen molar-refractivity contribution in [1.82, 2.24) is 0 Å². The minimum atomic E-state index is -3.76. The molecule has 1 N–H and O–H groups in total. The molecule has 0 radical (unpaired) electrons. The van der Waals surface area contributed by atoms with Gasteiger partial charge in [-0.3, -0.25) is 9.52 Å². The minimum absolute atomic E-state index is 0.0698. The highest BCUT2D eigenvalue weighted by atomic mass is 32.2. The van der Waals surface area contributed by atoms with Crippen LogP contribution in [0.3, 0.4) is 0 Å². The van der Waals surface area contributed by atoms with Crippen LogP contribution >= 0.6 is 0 Å². The Morgan fingerprint density at radius 1 is 1.08 bits per heavy atom. The first-order valence-corrected chi connectivity index (χ1v) is 8.80. The van der Waals surface area contributed by atoms with Crippen LogP contribution in [0.4, 0.5) is 5.69 Å². The van der Waals surface area contributed by atoms with Gasteiger partial charge in [0.1, 0.15) is 0 Å². The lowest BCUT2D eigenvalue weighted by Crippen LogP contribution is -2.13. The van der Waals surface area contributed by atoms with E-state index in [-0.39, 0.29) is 10.7 Å². The maximum absolute atomic E-state index is 12.4. The lowest BCUT2D eigenvalue weighted by molar-refractivity contribution is 0.101. The SMILES string of the molecule is CCOc1ccc(NS(=O)(=O)c2ccc(C(C)=O)cc2)cc1OC. The van der Waals surface area contributed by atoms with Crippen molar-refractivity contribution >= 4 is 21.5 Å². The predicted molar refractivity (Wildman–Crippen MR) is 91.4 cm³/mol. The molecule has 0 aliphatic rings. The second kappa shape index (κ2) is 7.35. The molecule has 0 amide bonds. The number of hydrogen-bond acceptors (Lipinski definition) is 5. The van der Waals surface area contributed by atoms with Gasteiger partial charge in [-0.2, -0.15) is 0 Å². The fourth-order valence-corrected chi connectivity index (χ4v) is 3.14. The van der Waals surface area contributed by atoms with Gasteiger partial charge in [0, 0.05) is 11.6 Å². The first kappa shape index (κ1) is 17.8. The van der Waals surface area contributed by atoms with Crippen molar-refractivity contribution in [2.45, 2.75) is 18.7 Å². The summed E-state index contributed by atoms with van der Waals surface area (Å²) in [5.41, 5.74) is 0.808. The number of ether oxygens (including phenoxy) is 2. The first-order chi connectivity index (χ1) is 11.4. The maximum Gasteiger partial charge on any atom is 0.261 e. The van der Waals surface area contributed by atoms with Gasteiger partial charge in [-0.15, -0.1) is 0 Å². The van der Waals surface area contributed by atoms with Crippen LogP contribution in [-0.4, -0.2) is 27.9 Å². The van der Waals surface area contributed by atoms with E-state index in [0.717, 1.165) is 0 Å². The van der Waals surface area contributed by atoms with E-state index in [1.807, 2.05) is 6.92 Å². The molecule has 2 rings (SSSR count). The Kier molecular flexibility index (Phi) is 5.46. The Balaban J connectivity index is 2.27. The van der Waals surface area contributed by atoms with Gasteiger partial charge in [0.15, 0.2) is 17.3 Å². The zero-order chi connectivity index (χ0) is 17.7. The predicted octanol–water partition coefficient (Wildman–Crippen LogP) is 3.10. The van der Waals surface area contributed by atoms with Gasteiger partial charge in [-0.05, 0) is 38.1 Å². The summed E-state index contributed by atoms with van der Waals surface area (Å²) in [6.45, 7) is 3.75. The summed E-state index contributed by atoms with van der Waals surface area (Å²) in [7, 11) is -2.28. The molecule has 0 aliphatic carbocycles. The van der Waals surface area contributed by atoms with Crippen molar-refractivity contribution in [3.63, 3.8) is 0 Å². The van der Waals surface area contributed by atoms with Crippen LogP contribution in [0.25, 0.3) is 0 Å². The highest BCUT2D eigenvalue weighted by Gasteiger charge is 2.16. The van der Waals surface area contributed by atoms with Gasteiger partial charge in [0.2, 0.25) is 0 Å². The summed E-state index contributed by atoms with van der Waals surface area (Å²) in [6.07, 6.45) is 0. The monoisotopic (exact) mass is 349 g/mol. The van der Waals surface area contributed by atoms with Crippen LogP contribution in [0.1, 0.15) is 24.2 Å². The zero-order valence-corrected chi connectivity index (χ0v) is 14.5. The van der Waals surface area contributed by atoms with Crippen molar-refractivity contribution in [2.24, 2.45) is 0 Å². The molecule has 0 bridgehead atoms. The van der Waals surface area contributed by atoms with Crippen molar-refractivity contribution in [3.8, 4) is 11.5 Å². The Morgan fingerprint density at radius 2 is 1.75 bits per heavy atom. The zero-order valence-electron chi connectivity index (χ0n) is 13.7. The van der Waals surface area contributed by atoms with E-state index in [4.69, 9.17) is 9.47 Å². The molecule has 0 saturated carbocycles. The fourth-order valence-electron chi connectivity index (χ4n) is 2.09. The van der Waals surface area contributed by atoms with Crippen molar-refractivity contribution in [1.29, 1.82) is 0 Å². The van der Waals surface area contributed by atoms with E-state index in [1.54, 1.807) is 18.2 Å². The van der Waals surface area contributed by atoms with E-state index in [0.29, 0.717) is 29.4 Å². The number of carbonyl (C=O) groups excluding carboxylic acids is 1. The Morgan fingerprint density at radius 3 is 2.29 bits per heavy atom. The average Bonchev–Trinajstić information content (AvgIpc) is 2.56. The van der Waals surface area contributed by atoms with Crippen LogP contribution in [0.2, 0.25) is 0 Å². The molecular formula is C17H19NO5S. The lowest BCUT2D eigenvalue weighted by Gasteiger charge is -2.13. The largest absolute Gasteiger partial charge is 0.493 e. The van der Waals surface area contributed by atoms with Gasteiger partial charge in [-0.1, -0.05) is 12.1 Å².